The molecule has 2 saturated heterocycles. The summed E-state index contributed by atoms with van der Waals surface area (Å²) in [4.78, 5) is 116. The first-order chi connectivity index (χ1) is 44.6. The lowest BCUT2D eigenvalue weighted by Gasteiger charge is -2.63. The van der Waals surface area contributed by atoms with Gasteiger partial charge >= 0.3 is 24.0 Å². The molecular formula is C63H87N9O20S2. The van der Waals surface area contributed by atoms with E-state index in [0.717, 1.165) is 45.0 Å². The van der Waals surface area contributed by atoms with E-state index in [1.54, 1.807) is 11.9 Å². The van der Waals surface area contributed by atoms with E-state index < -0.39 is 156 Å². The number of ether oxygens (including phenoxy) is 3. The van der Waals surface area contributed by atoms with Crippen LogP contribution in [0.4, 0.5) is 10.5 Å². The molecule has 29 nitrogen and oxygen atoms in total. The smallest absolute Gasteiger partial charge is 0.426 e. The number of likely N-dealkylation sites (N-methyl/N-ethyl adjacent to an activating group) is 1. The lowest BCUT2D eigenvalue weighted by Crippen LogP contribution is -2.82. The number of para-hydroxylation sites is 1. The van der Waals surface area contributed by atoms with Gasteiger partial charge in [-0.3, -0.25) is 44.0 Å². The van der Waals surface area contributed by atoms with Crippen LogP contribution < -0.4 is 36.4 Å². The number of H-pyrrole nitrogens is 1. The van der Waals surface area contributed by atoms with Gasteiger partial charge in [-0.25, -0.2) is 15.0 Å². The van der Waals surface area contributed by atoms with Crippen molar-refractivity contribution in [2.45, 2.75) is 155 Å². The lowest BCUT2D eigenvalue weighted by molar-refractivity contribution is -0.204. The van der Waals surface area contributed by atoms with E-state index in [9.17, 15) is 69.6 Å². The van der Waals surface area contributed by atoms with E-state index in [4.69, 9.17) is 19.3 Å². The summed E-state index contributed by atoms with van der Waals surface area (Å²) < 4.78 is 17.7. The molecule has 9 rings (SSSR count). The number of carbonyl (C=O) groups excluding carboxylic acids is 6. The number of carbonyl (C=O) groups is 8. The summed E-state index contributed by atoms with van der Waals surface area (Å²) in [5.41, 5.74) is 1.03. The summed E-state index contributed by atoms with van der Waals surface area (Å²) in [5.74, 6) is -7.57. The average Bonchev–Trinajstić information content (AvgIpc) is 1.46. The topological polar surface area (TPSA) is 432 Å². The third kappa shape index (κ3) is 13.2. The summed E-state index contributed by atoms with van der Waals surface area (Å²) in [7, 11) is 6.57. The van der Waals surface area contributed by atoms with Gasteiger partial charge in [-0.2, -0.15) is 0 Å². The number of aromatic amines is 1. The van der Waals surface area contributed by atoms with Crippen molar-refractivity contribution in [2.24, 2.45) is 11.3 Å². The van der Waals surface area contributed by atoms with Crippen LogP contribution in [0.1, 0.15) is 94.5 Å². The maximum Gasteiger partial charge on any atom is 0.426 e. The molecule has 6 aliphatic rings. The van der Waals surface area contributed by atoms with Crippen molar-refractivity contribution in [1.82, 2.24) is 41.6 Å². The molecule has 1 unspecified atom stereocenters. The fourth-order valence-electron chi connectivity index (χ4n) is 16.1. The first-order valence-electron chi connectivity index (χ1n) is 31.5. The average molecular weight is 1350 g/mol. The number of piperidine rings is 1. The number of hydrogen-bond acceptors (Lipinski definition) is 23. The minimum Gasteiger partial charge on any atom is -0.496 e. The van der Waals surface area contributed by atoms with Gasteiger partial charge in [0.2, 0.25) is 17.7 Å². The van der Waals surface area contributed by atoms with Crippen LogP contribution in [0.3, 0.4) is 0 Å². The quantitative estimate of drug-likeness (QED) is 0.0155. The van der Waals surface area contributed by atoms with Crippen LogP contribution in [-0.4, -0.2) is 253 Å². The van der Waals surface area contributed by atoms with Gasteiger partial charge in [0.25, 0.3) is 5.91 Å². The first kappa shape index (κ1) is 71.5. The highest BCUT2D eigenvalue weighted by Crippen LogP contribution is 2.68. The van der Waals surface area contributed by atoms with Gasteiger partial charge < -0.3 is 86.0 Å². The van der Waals surface area contributed by atoms with E-state index in [0.29, 0.717) is 86.7 Å². The van der Waals surface area contributed by atoms with Gasteiger partial charge in [-0.15, -0.1) is 0 Å². The Morgan fingerprint density at radius 3 is 2.30 bits per heavy atom. The second-order valence-electron chi connectivity index (χ2n) is 25.6. The normalized spacial score (nSPS) is 29.4. The Morgan fingerprint density at radius 2 is 1.63 bits per heavy atom. The number of carboxylic acid groups (broad SMARTS) is 2. The number of aromatic nitrogens is 1. The summed E-state index contributed by atoms with van der Waals surface area (Å²) in [6, 6.07) is 5.12. The highest BCUT2D eigenvalue weighted by atomic mass is 33.1. The van der Waals surface area contributed by atoms with Crippen molar-refractivity contribution < 1.29 is 98.5 Å². The molecule has 15 N–H and O–H groups in total. The molecule has 516 valence electrons. The number of rotatable bonds is 26. The highest BCUT2D eigenvalue weighted by Gasteiger charge is 2.79. The number of nitrogens with one attached hydrogen (secondary N) is 6. The molecule has 1 aromatic heterocycles. The van der Waals surface area contributed by atoms with Crippen LogP contribution in [0.25, 0.3) is 10.9 Å². The summed E-state index contributed by atoms with van der Waals surface area (Å²) in [6.45, 7) is 6.26. The standard InChI is InChI=1S/C63H87N9O20S2/c1-7-59(88)27-34-28-62(57(86)91-6,50-36(16-20-71(29-34)32-59)35-12-9-10-13-39(35)66-50)38-24-37-43(26-45(38)90-5)70(4)54-61(37)18-21-72-19-11-17-60(8-2,53(61)72)55(84)63(54,89)56(85)68-69-58(87)92-22-23-93-94-31-42(52(82)83)65-46(76)25-41(48(79)49(80)44(75)30-73)67-51(81)40(64-33(3)74)14-15-47(77)78/h9-13,17,24,26,34,40-42,44,48-49,53-55,66,73,75,79-80,84,88-89H,7-8,14-16,18-23,25,27-32H2,1-6H3,(H,64,74)(H,65,76)(H,67,81)(H,68,85)(H,69,87)(H,77,78)(H,82,83)/t34-,40+,41-,42+,44-,48-,49-,53+,54-,55-,59+,60-,61-,62+,63+/m1/s1. The summed E-state index contributed by atoms with van der Waals surface area (Å²) in [5, 5.41) is 106. The molecule has 16 atom stereocenters. The summed E-state index contributed by atoms with van der Waals surface area (Å²) >= 11 is 0. The Morgan fingerprint density at radius 1 is 0.883 bits per heavy atom. The van der Waals surface area contributed by atoms with Gasteiger partial charge in [0, 0.05) is 115 Å². The fraction of sp³-hybridized carbons (Fsp3) is 0.619. The molecule has 3 aromatic rings. The van der Waals surface area contributed by atoms with Gasteiger partial charge in [-0.1, -0.05) is 65.8 Å². The number of esters is 1. The molecule has 94 heavy (non-hydrogen) atoms. The number of nitrogens with zero attached hydrogens (tertiary/aromatic N) is 3. The minimum atomic E-state index is -2.68. The number of hydrogen-bond donors (Lipinski definition) is 15. The number of fused-ring (bicyclic) bond motifs is 6. The lowest BCUT2D eigenvalue weighted by atomic mass is 9.47. The molecule has 2 bridgehead atoms. The first-order valence-corrected chi connectivity index (χ1v) is 34.0. The van der Waals surface area contributed by atoms with Crippen LogP contribution in [0.15, 0.2) is 48.6 Å². The zero-order chi connectivity index (χ0) is 68.4. The molecule has 3 fully saturated rings. The molecule has 0 radical (unpaired) electrons. The second kappa shape index (κ2) is 28.9. The fourth-order valence-corrected chi connectivity index (χ4v) is 18.1. The number of aliphatic carboxylic acids is 2. The molecule has 5 amide bonds. The van der Waals surface area contributed by atoms with Gasteiger partial charge in [0.05, 0.1) is 38.5 Å². The van der Waals surface area contributed by atoms with Crippen molar-refractivity contribution >= 4 is 85.8 Å². The third-order valence-electron chi connectivity index (χ3n) is 20.3. The van der Waals surface area contributed by atoms with Crippen LogP contribution in [0.2, 0.25) is 0 Å². The van der Waals surface area contributed by atoms with E-state index in [1.807, 2.05) is 62.4 Å². The second-order valence-corrected chi connectivity index (χ2v) is 28.3. The number of anilines is 1. The molecule has 5 aliphatic heterocycles. The van der Waals surface area contributed by atoms with Crippen molar-refractivity contribution in [1.29, 1.82) is 0 Å². The minimum absolute atomic E-state index is 0.0267. The number of carboxylic acids is 2. The van der Waals surface area contributed by atoms with E-state index in [1.165, 1.54) is 14.2 Å². The molecule has 1 spiro atoms. The predicted octanol–water partition coefficient (Wildman–Crippen LogP) is -0.725. The molecule has 6 heterocycles. The Bertz CT molecular complexity index is 3400. The SMILES string of the molecule is CC[C@]1(O)C[C@H]2CN(CCc3c([nH]c4ccccc34)[C@@](C(=O)OC)(c3cc4c(cc3OC)N(C)[C@H]3[C@@](O)(C(=O)NNC(=O)OCCSSC[C@H](NC(=O)C[C@@H](NC(=O)[C@H](CCC(=O)O)NC(C)=O)[C@@H](O)[C@H](O)[C@H](O)CO)C(=O)O)[C@H](O)[C@]5(CC)C=CCN6CC[C@]43[C@@H]65)C2)C1. The monoisotopic (exact) mass is 1350 g/mol. The Labute approximate surface area is 550 Å². The van der Waals surface area contributed by atoms with Gasteiger partial charge in [-0.05, 0) is 80.7 Å². The van der Waals surface area contributed by atoms with Crippen LogP contribution >= 0.6 is 21.6 Å². The molecule has 31 heteroatoms. The number of amides is 5. The maximum atomic E-state index is 15.6. The predicted molar refractivity (Wildman–Crippen MR) is 342 cm³/mol. The van der Waals surface area contributed by atoms with Crippen molar-refractivity contribution in [2.75, 3.05) is 83.6 Å². The molecule has 1 aliphatic carbocycles. The van der Waals surface area contributed by atoms with Crippen LogP contribution in [0.5, 0.6) is 5.75 Å². The van der Waals surface area contributed by atoms with E-state index in [-0.39, 0.29) is 36.9 Å². The largest absolute Gasteiger partial charge is 0.496 e. The van der Waals surface area contributed by atoms with Crippen LogP contribution in [0, 0.1) is 11.3 Å². The van der Waals surface area contributed by atoms with E-state index >= 15 is 9.59 Å². The Balaban J connectivity index is 0.921. The van der Waals surface area contributed by atoms with Crippen molar-refractivity contribution in [3.63, 3.8) is 0 Å². The van der Waals surface area contributed by atoms with Gasteiger partial charge in [0.15, 0.2) is 5.60 Å². The molecule has 1 saturated carbocycles. The number of aliphatic hydroxyl groups is 7. The Hall–Kier alpha value is -6.78. The molecular weight excluding hydrogens is 1270 g/mol. The Kier molecular flexibility index (Phi) is 22.0. The zero-order valence-electron chi connectivity index (χ0n) is 53.3. The number of benzene rings is 2. The van der Waals surface area contributed by atoms with E-state index in [2.05, 4.69) is 41.6 Å². The van der Waals surface area contributed by atoms with Crippen molar-refractivity contribution in [3.8, 4) is 5.75 Å². The van der Waals surface area contributed by atoms with Crippen molar-refractivity contribution in [3.05, 3.63) is 70.9 Å². The summed E-state index contributed by atoms with van der Waals surface area (Å²) in [6.07, 6.45) is -4.98. The number of hydrazine groups is 1. The highest BCUT2D eigenvalue weighted by molar-refractivity contribution is 8.76. The van der Waals surface area contributed by atoms with Crippen LogP contribution in [-0.2, 0) is 60.3 Å². The third-order valence-corrected chi connectivity index (χ3v) is 22.6. The zero-order valence-corrected chi connectivity index (χ0v) is 54.9. The number of aliphatic hydroxyl groups excluding tert-OH is 5. The number of methoxy groups -OCH3 is 2. The van der Waals surface area contributed by atoms with Gasteiger partial charge in [0.1, 0.15) is 54.3 Å². The maximum absolute atomic E-state index is 15.6. The molecule has 2 aromatic carbocycles.